The van der Waals surface area contributed by atoms with Crippen molar-refractivity contribution >= 4 is 28.4 Å². The van der Waals surface area contributed by atoms with Crippen LogP contribution in [0.4, 0.5) is 9.93 Å². The predicted octanol–water partition coefficient (Wildman–Crippen LogP) is 3.28. The number of urea groups is 1. The summed E-state index contributed by atoms with van der Waals surface area (Å²) in [4.78, 5) is 32.4. The van der Waals surface area contributed by atoms with E-state index >= 15 is 0 Å². The monoisotopic (exact) mass is 362 g/mol. The summed E-state index contributed by atoms with van der Waals surface area (Å²) in [6, 6.07) is 0.144. The molecular weight excluding hydrogens is 336 g/mol. The molecule has 6 nitrogen and oxygen atoms in total. The standard InChI is InChI=1S/C18H26N4O2S/c23-16(12-5-1-2-6-12)22-10-9-14-15(11-22)25-18(20-14)21-17(24)19-13-7-3-4-8-13/h12-13H,1-11H2,(H2,19,20,21,24). The number of rotatable bonds is 3. The molecule has 1 aliphatic heterocycles. The largest absolute Gasteiger partial charge is 0.337 e. The van der Waals surface area contributed by atoms with Crippen molar-refractivity contribution in [3.63, 3.8) is 0 Å². The van der Waals surface area contributed by atoms with Gasteiger partial charge in [-0.3, -0.25) is 10.1 Å². The van der Waals surface area contributed by atoms with Gasteiger partial charge in [-0.2, -0.15) is 0 Å². The molecule has 2 fully saturated rings. The summed E-state index contributed by atoms with van der Waals surface area (Å²) < 4.78 is 0. The molecule has 4 rings (SSSR count). The molecule has 0 radical (unpaired) electrons. The van der Waals surface area contributed by atoms with Gasteiger partial charge in [-0.05, 0) is 25.7 Å². The van der Waals surface area contributed by atoms with Gasteiger partial charge in [-0.1, -0.05) is 37.0 Å². The second kappa shape index (κ2) is 7.32. The van der Waals surface area contributed by atoms with E-state index in [0.29, 0.717) is 23.6 Å². The van der Waals surface area contributed by atoms with Crippen LogP contribution in [0.2, 0.25) is 0 Å². The van der Waals surface area contributed by atoms with Gasteiger partial charge in [-0.15, -0.1) is 0 Å². The molecule has 7 heteroatoms. The zero-order valence-corrected chi connectivity index (χ0v) is 15.4. The van der Waals surface area contributed by atoms with Gasteiger partial charge in [0.15, 0.2) is 5.13 Å². The number of hydrogen-bond acceptors (Lipinski definition) is 4. The van der Waals surface area contributed by atoms with Crippen molar-refractivity contribution in [3.05, 3.63) is 10.6 Å². The normalized spacial score (nSPS) is 21.4. The van der Waals surface area contributed by atoms with Crippen molar-refractivity contribution in [3.8, 4) is 0 Å². The predicted molar refractivity (Wildman–Crippen MR) is 97.6 cm³/mol. The summed E-state index contributed by atoms with van der Waals surface area (Å²) in [5.41, 5.74) is 1.04. The van der Waals surface area contributed by atoms with Crippen LogP contribution in [-0.4, -0.2) is 34.4 Å². The number of thiazole rings is 1. The number of aromatic nitrogens is 1. The molecular formula is C18H26N4O2S. The number of hydrogen-bond donors (Lipinski definition) is 2. The van der Waals surface area contributed by atoms with Crippen molar-refractivity contribution in [2.45, 2.75) is 70.4 Å². The number of nitrogens with one attached hydrogen (secondary N) is 2. The molecule has 1 aromatic rings. The molecule has 0 unspecified atom stereocenters. The highest BCUT2D eigenvalue weighted by atomic mass is 32.1. The molecule has 0 spiro atoms. The second-order valence-electron chi connectivity index (χ2n) is 7.46. The average molecular weight is 362 g/mol. The molecule has 25 heavy (non-hydrogen) atoms. The van der Waals surface area contributed by atoms with E-state index in [9.17, 15) is 9.59 Å². The molecule has 0 atom stereocenters. The van der Waals surface area contributed by atoms with Crippen LogP contribution in [0.15, 0.2) is 0 Å². The van der Waals surface area contributed by atoms with E-state index in [2.05, 4.69) is 15.6 Å². The Balaban J connectivity index is 1.35. The lowest BCUT2D eigenvalue weighted by molar-refractivity contribution is -0.136. The smallest absolute Gasteiger partial charge is 0.321 e. The van der Waals surface area contributed by atoms with Crippen LogP contribution in [0.1, 0.15) is 61.9 Å². The van der Waals surface area contributed by atoms with Crippen molar-refractivity contribution in [2.75, 3.05) is 11.9 Å². The summed E-state index contributed by atoms with van der Waals surface area (Å²) in [6.07, 6.45) is 9.76. The zero-order valence-electron chi connectivity index (χ0n) is 14.6. The Morgan fingerprint density at radius 3 is 2.56 bits per heavy atom. The van der Waals surface area contributed by atoms with Gasteiger partial charge in [0.05, 0.1) is 12.2 Å². The number of carbonyl (C=O) groups excluding carboxylic acids is 2. The van der Waals surface area contributed by atoms with E-state index < -0.39 is 0 Å². The first-order valence-corrected chi connectivity index (χ1v) is 10.4. The van der Waals surface area contributed by atoms with E-state index in [0.717, 1.165) is 49.2 Å². The fourth-order valence-electron chi connectivity index (χ4n) is 4.26. The molecule has 2 heterocycles. The Morgan fingerprint density at radius 2 is 1.80 bits per heavy atom. The van der Waals surface area contributed by atoms with Crippen molar-refractivity contribution in [1.82, 2.24) is 15.2 Å². The topological polar surface area (TPSA) is 74.3 Å². The van der Waals surface area contributed by atoms with Gasteiger partial charge in [0.1, 0.15) is 0 Å². The van der Waals surface area contributed by atoms with Crippen LogP contribution in [-0.2, 0) is 17.8 Å². The number of nitrogens with zero attached hydrogens (tertiary/aromatic N) is 2. The van der Waals surface area contributed by atoms with Gasteiger partial charge in [0, 0.05) is 29.8 Å². The van der Waals surface area contributed by atoms with Crippen LogP contribution in [0.3, 0.4) is 0 Å². The molecule has 2 N–H and O–H groups in total. The van der Waals surface area contributed by atoms with Crippen molar-refractivity contribution < 1.29 is 9.59 Å². The zero-order chi connectivity index (χ0) is 17.2. The minimum Gasteiger partial charge on any atom is -0.337 e. The first-order valence-electron chi connectivity index (χ1n) is 9.54. The van der Waals surface area contributed by atoms with E-state index in [4.69, 9.17) is 0 Å². The highest BCUT2D eigenvalue weighted by Crippen LogP contribution is 2.32. The maximum atomic E-state index is 12.6. The third-order valence-corrected chi connectivity index (χ3v) is 6.66. The van der Waals surface area contributed by atoms with E-state index in [-0.39, 0.29) is 11.9 Å². The fourth-order valence-corrected chi connectivity index (χ4v) is 5.28. The third kappa shape index (κ3) is 3.81. The SMILES string of the molecule is O=C(Nc1nc2c(s1)CN(C(=O)C1CCCC1)CC2)NC1CCCC1. The van der Waals surface area contributed by atoms with Crippen LogP contribution in [0.5, 0.6) is 0 Å². The minimum absolute atomic E-state index is 0.156. The molecule has 136 valence electrons. The maximum Gasteiger partial charge on any atom is 0.321 e. The van der Waals surface area contributed by atoms with Crippen LogP contribution < -0.4 is 10.6 Å². The Labute approximate surface area is 152 Å². The summed E-state index contributed by atoms with van der Waals surface area (Å²) in [7, 11) is 0. The van der Waals surface area contributed by atoms with Gasteiger partial charge < -0.3 is 10.2 Å². The minimum atomic E-state index is -0.156. The summed E-state index contributed by atoms with van der Waals surface area (Å²) in [5.74, 6) is 0.536. The number of amides is 3. The van der Waals surface area contributed by atoms with Crippen LogP contribution >= 0.6 is 11.3 Å². The van der Waals surface area contributed by atoms with Crippen LogP contribution in [0.25, 0.3) is 0 Å². The van der Waals surface area contributed by atoms with Gasteiger partial charge in [-0.25, -0.2) is 9.78 Å². The molecule has 3 amide bonds. The summed E-state index contributed by atoms with van der Waals surface area (Å²) in [5, 5.41) is 6.55. The lowest BCUT2D eigenvalue weighted by atomic mass is 10.0. The Hall–Kier alpha value is -1.63. The Kier molecular flexibility index (Phi) is 4.92. The Morgan fingerprint density at radius 1 is 1.08 bits per heavy atom. The highest BCUT2D eigenvalue weighted by molar-refractivity contribution is 7.15. The molecule has 2 saturated carbocycles. The van der Waals surface area contributed by atoms with E-state index in [1.54, 1.807) is 0 Å². The third-order valence-electron chi connectivity index (χ3n) is 5.66. The molecule has 1 aromatic heterocycles. The molecule has 0 saturated heterocycles. The quantitative estimate of drug-likeness (QED) is 0.866. The van der Waals surface area contributed by atoms with Crippen molar-refractivity contribution in [2.24, 2.45) is 5.92 Å². The van der Waals surface area contributed by atoms with Crippen molar-refractivity contribution in [1.29, 1.82) is 0 Å². The summed E-state index contributed by atoms with van der Waals surface area (Å²) in [6.45, 7) is 1.40. The molecule has 0 aromatic carbocycles. The lowest BCUT2D eigenvalue weighted by Gasteiger charge is -2.28. The first kappa shape index (κ1) is 16.8. The average Bonchev–Trinajstić information content (AvgIpc) is 3.34. The van der Waals surface area contributed by atoms with Gasteiger partial charge >= 0.3 is 6.03 Å². The maximum absolute atomic E-state index is 12.6. The fraction of sp³-hybridized carbons (Fsp3) is 0.722. The van der Waals surface area contributed by atoms with Gasteiger partial charge in [0.2, 0.25) is 5.91 Å². The van der Waals surface area contributed by atoms with E-state index in [1.165, 1.54) is 37.0 Å². The molecule has 2 aliphatic carbocycles. The number of fused-ring (bicyclic) bond motifs is 1. The van der Waals surface area contributed by atoms with E-state index in [1.807, 2.05) is 4.90 Å². The van der Waals surface area contributed by atoms with Gasteiger partial charge in [0.25, 0.3) is 0 Å². The number of anilines is 1. The Bertz CT molecular complexity index is 648. The molecule has 3 aliphatic rings. The number of carbonyl (C=O) groups is 2. The second-order valence-corrected chi connectivity index (χ2v) is 8.54. The molecule has 0 bridgehead atoms. The first-order chi connectivity index (χ1) is 12.2. The van der Waals surface area contributed by atoms with Crippen LogP contribution in [0, 0.1) is 5.92 Å². The lowest BCUT2D eigenvalue weighted by Crippen LogP contribution is -2.38. The summed E-state index contributed by atoms with van der Waals surface area (Å²) >= 11 is 1.51. The highest BCUT2D eigenvalue weighted by Gasteiger charge is 2.30.